The third-order valence-corrected chi connectivity index (χ3v) is 3.01. The van der Waals surface area contributed by atoms with Crippen LogP contribution in [0.2, 0.25) is 0 Å². The van der Waals surface area contributed by atoms with Crippen LogP contribution in [-0.2, 0) is 0 Å². The molecule has 0 amide bonds. The summed E-state index contributed by atoms with van der Waals surface area (Å²) < 4.78 is 25.4. The maximum absolute atomic E-state index is 12.5. The number of ketones is 1. The van der Waals surface area contributed by atoms with Gasteiger partial charge >= 0.3 is 0 Å². The van der Waals surface area contributed by atoms with Gasteiger partial charge in [0.25, 0.3) is 6.43 Å². The van der Waals surface area contributed by atoms with Crippen LogP contribution in [0.15, 0.2) is 16.6 Å². The molecule has 0 heterocycles. The van der Waals surface area contributed by atoms with E-state index in [1.54, 1.807) is 13.0 Å². The van der Waals surface area contributed by atoms with Crippen LogP contribution in [0.1, 0.15) is 34.8 Å². The van der Waals surface area contributed by atoms with Crippen molar-refractivity contribution in [1.82, 2.24) is 0 Å². The molecule has 1 rings (SSSR count). The van der Waals surface area contributed by atoms with Crippen molar-refractivity contribution < 1.29 is 13.6 Å². The van der Waals surface area contributed by atoms with Crippen LogP contribution < -0.4 is 0 Å². The lowest BCUT2D eigenvalue weighted by Gasteiger charge is -2.08. The van der Waals surface area contributed by atoms with Crippen LogP contribution >= 0.6 is 15.9 Å². The standard InChI is InChI=1S/C10H9BrF2O/c1-5-3-7(6(2)14)4-8(9(5)11)10(12)13/h3-4,10H,1-2H3. The van der Waals surface area contributed by atoms with E-state index < -0.39 is 6.43 Å². The third kappa shape index (κ3) is 2.18. The molecule has 76 valence electrons. The summed E-state index contributed by atoms with van der Waals surface area (Å²) in [5.41, 5.74) is 0.837. The van der Waals surface area contributed by atoms with Crippen molar-refractivity contribution in [1.29, 1.82) is 0 Å². The van der Waals surface area contributed by atoms with E-state index in [1.165, 1.54) is 13.0 Å². The van der Waals surface area contributed by atoms with Gasteiger partial charge in [0.1, 0.15) is 0 Å². The number of hydrogen-bond acceptors (Lipinski definition) is 1. The SMILES string of the molecule is CC(=O)c1cc(C)c(Br)c(C(F)F)c1. The minimum absolute atomic E-state index is 0.129. The molecule has 0 saturated carbocycles. The average Bonchev–Trinajstić information content (AvgIpc) is 2.08. The highest BCUT2D eigenvalue weighted by Gasteiger charge is 2.15. The van der Waals surface area contributed by atoms with E-state index in [1.807, 2.05) is 0 Å². The fraction of sp³-hybridized carbons (Fsp3) is 0.300. The van der Waals surface area contributed by atoms with E-state index in [4.69, 9.17) is 0 Å². The Bertz CT molecular complexity index is 375. The van der Waals surface area contributed by atoms with E-state index in [-0.39, 0.29) is 11.3 Å². The first kappa shape index (κ1) is 11.3. The number of halogens is 3. The number of carbonyl (C=O) groups excluding carboxylic acids is 1. The van der Waals surface area contributed by atoms with Crippen molar-refractivity contribution in [2.45, 2.75) is 20.3 Å². The van der Waals surface area contributed by atoms with Crippen LogP contribution in [0.3, 0.4) is 0 Å². The Hall–Kier alpha value is -0.770. The zero-order valence-corrected chi connectivity index (χ0v) is 9.36. The summed E-state index contributed by atoms with van der Waals surface area (Å²) in [5.74, 6) is -0.206. The van der Waals surface area contributed by atoms with Gasteiger partial charge in [0.05, 0.1) is 0 Å². The molecule has 1 aromatic carbocycles. The predicted octanol–water partition coefficient (Wildman–Crippen LogP) is 3.90. The summed E-state index contributed by atoms with van der Waals surface area (Å²) in [7, 11) is 0. The number of rotatable bonds is 2. The smallest absolute Gasteiger partial charge is 0.264 e. The topological polar surface area (TPSA) is 17.1 Å². The van der Waals surface area contributed by atoms with Gasteiger partial charge in [0, 0.05) is 15.6 Å². The Morgan fingerprint density at radius 1 is 1.43 bits per heavy atom. The summed E-state index contributed by atoms with van der Waals surface area (Å²) in [4.78, 5) is 11.0. The van der Waals surface area contributed by atoms with Gasteiger partial charge in [-0.05, 0) is 31.5 Å². The molecule has 4 heteroatoms. The molecule has 1 nitrogen and oxygen atoms in total. The Kier molecular flexibility index (Phi) is 3.37. The van der Waals surface area contributed by atoms with Crippen molar-refractivity contribution in [2.75, 3.05) is 0 Å². The number of alkyl halides is 2. The molecule has 0 aliphatic heterocycles. The quantitative estimate of drug-likeness (QED) is 0.739. The van der Waals surface area contributed by atoms with Crippen LogP contribution in [0.4, 0.5) is 8.78 Å². The molecule has 1 aromatic rings. The monoisotopic (exact) mass is 262 g/mol. The summed E-state index contributed by atoms with van der Waals surface area (Å²) in [5, 5.41) is 0. The molecule has 0 atom stereocenters. The molecule has 0 radical (unpaired) electrons. The molecular weight excluding hydrogens is 254 g/mol. The summed E-state index contributed by atoms with van der Waals surface area (Å²) in [6, 6.07) is 2.82. The maximum Gasteiger partial charge on any atom is 0.264 e. The van der Waals surface area contributed by atoms with Crippen molar-refractivity contribution in [3.05, 3.63) is 33.3 Å². The van der Waals surface area contributed by atoms with Gasteiger partial charge in [0.15, 0.2) is 5.78 Å². The molecule has 0 saturated heterocycles. The Balaban J connectivity index is 3.35. The normalized spacial score (nSPS) is 10.7. The summed E-state index contributed by atoms with van der Waals surface area (Å²) in [6.07, 6.45) is -2.57. The zero-order chi connectivity index (χ0) is 10.9. The first-order valence-electron chi connectivity index (χ1n) is 4.02. The molecular formula is C10H9BrF2O. The van der Waals surface area contributed by atoms with Gasteiger partial charge < -0.3 is 0 Å². The summed E-state index contributed by atoms with van der Waals surface area (Å²) in [6.45, 7) is 3.04. The first-order valence-corrected chi connectivity index (χ1v) is 4.82. The van der Waals surface area contributed by atoms with E-state index in [0.29, 0.717) is 15.6 Å². The molecule has 14 heavy (non-hydrogen) atoms. The summed E-state index contributed by atoms with van der Waals surface area (Å²) >= 11 is 3.07. The van der Waals surface area contributed by atoms with Crippen molar-refractivity contribution >= 4 is 21.7 Å². The largest absolute Gasteiger partial charge is 0.295 e. The van der Waals surface area contributed by atoms with Gasteiger partial charge in [-0.1, -0.05) is 15.9 Å². The van der Waals surface area contributed by atoms with Crippen LogP contribution in [0.25, 0.3) is 0 Å². The van der Waals surface area contributed by atoms with Gasteiger partial charge in [-0.2, -0.15) is 0 Å². The predicted molar refractivity (Wildman–Crippen MR) is 53.8 cm³/mol. The van der Waals surface area contributed by atoms with Crippen molar-refractivity contribution in [3.63, 3.8) is 0 Å². The van der Waals surface area contributed by atoms with Crippen LogP contribution in [-0.4, -0.2) is 5.78 Å². The second kappa shape index (κ2) is 4.17. The molecule has 0 fully saturated rings. The lowest BCUT2D eigenvalue weighted by molar-refractivity contribution is 0.101. The van der Waals surface area contributed by atoms with Gasteiger partial charge in [-0.3, -0.25) is 4.79 Å². The molecule has 0 spiro atoms. The van der Waals surface area contributed by atoms with Gasteiger partial charge in [0.2, 0.25) is 0 Å². The highest BCUT2D eigenvalue weighted by Crippen LogP contribution is 2.31. The molecule has 0 bridgehead atoms. The van der Waals surface area contributed by atoms with Crippen LogP contribution in [0.5, 0.6) is 0 Å². The van der Waals surface area contributed by atoms with E-state index in [0.717, 1.165) is 0 Å². The highest BCUT2D eigenvalue weighted by molar-refractivity contribution is 9.10. The zero-order valence-electron chi connectivity index (χ0n) is 7.77. The second-order valence-corrected chi connectivity index (χ2v) is 3.85. The maximum atomic E-state index is 12.5. The minimum atomic E-state index is -2.57. The first-order chi connectivity index (χ1) is 6.43. The Labute approximate surface area is 89.3 Å². The number of hydrogen-bond donors (Lipinski definition) is 0. The molecule has 0 N–H and O–H groups in total. The van der Waals surface area contributed by atoms with Crippen molar-refractivity contribution in [3.8, 4) is 0 Å². The number of carbonyl (C=O) groups is 1. The van der Waals surface area contributed by atoms with Gasteiger partial charge in [-0.25, -0.2) is 8.78 Å². The third-order valence-electron chi connectivity index (χ3n) is 1.92. The van der Waals surface area contributed by atoms with E-state index in [2.05, 4.69) is 15.9 Å². The second-order valence-electron chi connectivity index (χ2n) is 3.05. The van der Waals surface area contributed by atoms with E-state index in [9.17, 15) is 13.6 Å². The lowest BCUT2D eigenvalue weighted by atomic mass is 10.0. The average molecular weight is 263 g/mol. The minimum Gasteiger partial charge on any atom is -0.295 e. The number of aryl methyl sites for hydroxylation is 1. The lowest BCUT2D eigenvalue weighted by Crippen LogP contribution is -1.98. The van der Waals surface area contributed by atoms with Gasteiger partial charge in [-0.15, -0.1) is 0 Å². The molecule has 0 aromatic heterocycles. The van der Waals surface area contributed by atoms with Crippen molar-refractivity contribution in [2.24, 2.45) is 0 Å². The Morgan fingerprint density at radius 2 is 2.00 bits per heavy atom. The van der Waals surface area contributed by atoms with E-state index >= 15 is 0 Å². The molecule has 0 unspecified atom stereocenters. The Morgan fingerprint density at radius 3 is 2.43 bits per heavy atom. The highest BCUT2D eigenvalue weighted by atomic mass is 79.9. The fourth-order valence-electron chi connectivity index (χ4n) is 1.16. The van der Waals surface area contributed by atoms with Crippen LogP contribution in [0, 0.1) is 6.92 Å². The fourth-order valence-corrected chi connectivity index (χ4v) is 1.56. The number of Topliss-reactive ketones (excluding diaryl/α,β-unsaturated/α-hetero) is 1. The number of benzene rings is 1. The molecule has 0 aliphatic rings. The molecule has 0 aliphatic carbocycles.